The predicted octanol–water partition coefficient (Wildman–Crippen LogP) is 3.94. The Hall–Kier alpha value is -0.430. The van der Waals surface area contributed by atoms with Crippen LogP contribution in [0.4, 0.5) is 0 Å². The van der Waals surface area contributed by atoms with E-state index in [1.807, 2.05) is 0 Å². The smallest absolute Gasteiger partial charge is 0.0205 e. The molecule has 0 amide bonds. The molecule has 21 heavy (non-hydrogen) atoms. The van der Waals surface area contributed by atoms with E-state index in [1.165, 1.54) is 56.1 Å². The highest BCUT2D eigenvalue weighted by Crippen LogP contribution is 2.43. The first-order valence-electron chi connectivity index (χ1n) is 8.54. The quantitative estimate of drug-likeness (QED) is 0.617. The van der Waals surface area contributed by atoms with E-state index in [0.29, 0.717) is 5.16 Å². The van der Waals surface area contributed by atoms with E-state index in [4.69, 9.17) is 5.73 Å². The van der Waals surface area contributed by atoms with Gasteiger partial charge in [-0.25, -0.2) is 0 Å². The average Bonchev–Trinajstić information content (AvgIpc) is 2.48. The third kappa shape index (κ3) is 5.36. The van der Waals surface area contributed by atoms with Gasteiger partial charge in [-0.2, -0.15) is 0 Å². The number of benzene rings is 1. The fraction of sp³-hybridized carbons (Fsp3) is 0.667. The van der Waals surface area contributed by atoms with E-state index in [1.54, 1.807) is 0 Å². The van der Waals surface area contributed by atoms with Crippen molar-refractivity contribution in [2.75, 3.05) is 13.1 Å². The minimum Gasteiger partial charge on any atom is -0.330 e. The maximum Gasteiger partial charge on any atom is 0.0205 e. The van der Waals surface area contributed by atoms with Crippen LogP contribution in [0.2, 0.25) is 0 Å². The molecule has 0 aliphatic heterocycles. The van der Waals surface area contributed by atoms with Gasteiger partial charge in [0, 0.05) is 11.7 Å². The summed E-state index contributed by atoms with van der Waals surface area (Å²) in [6.07, 6.45) is 10.6. The lowest BCUT2D eigenvalue weighted by atomic mass is 9.84. The molecule has 1 unspecified atom stereocenters. The van der Waals surface area contributed by atoms with Crippen LogP contribution < -0.4 is 11.1 Å². The van der Waals surface area contributed by atoms with Gasteiger partial charge >= 0.3 is 0 Å². The molecule has 0 spiro atoms. The molecule has 3 heteroatoms. The summed E-state index contributed by atoms with van der Waals surface area (Å²) in [5, 5.41) is 3.76. The van der Waals surface area contributed by atoms with E-state index in [2.05, 4.69) is 38.8 Å². The highest BCUT2D eigenvalue weighted by molar-refractivity contribution is 7.18. The second-order valence-corrected chi connectivity index (χ2v) is 7.55. The van der Waals surface area contributed by atoms with Crippen LogP contribution in [0.25, 0.3) is 0 Å². The molecule has 1 aliphatic carbocycles. The lowest BCUT2D eigenvalue weighted by Gasteiger charge is -2.32. The fourth-order valence-corrected chi connectivity index (χ4v) is 3.84. The third-order valence-corrected chi connectivity index (χ3v) is 5.57. The standard InChI is InChI=1S/C18H31N2P/c19-13-6-14-20-15-16-7-9-17(10-8-16)18(21)11-4-2-1-3-5-12-18/h7-10,20H,1-6,11-15,19,21H2. The van der Waals surface area contributed by atoms with Crippen LogP contribution in [-0.4, -0.2) is 13.1 Å². The van der Waals surface area contributed by atoms with Crippen LogP contribution in [0, 0.1) is 0 Å². The minimum atomic E-state index is 0.311. The highest BCUT2D eigenvalue weighted by atomic mass is 31.0. The molecule has 0 bridgehead atoms. The van der Waals surface area contributed by atoms with Crippen molar-refractivity contribution in [3.05, 3.63) is 35.4 Å². The van der Waals surface area contributed by atoms with Gasteiger partial charge in [0.25, 0.3) is 0 Å². The third-order valence-electron chi connectivity index (χ3n) is 4.66. The average molecular weight is 306 g/mol. The van der Waals surface area contributed by atoms with Crippen LogP contribution in [0.15, 0.2) is 24.3 Å². The van der Waals surface area contributed by atoms with Crippen LogP contribution in [-0.2, 0) is 11.7 Å². The van der Waals surface area contributed by atoms with Crippen molar-refractivity contribution >= 4 is 9.24 Å². The first kappa shape index (κ1) is 16.9. The first-order valence-corrected chi connectivity index (χ1v) is 9.11. The zero-order chi connectivity index (χ0) is 15.0. The summed E-state index contributed by atoms with van der Waals surface area (Å²) in [5.74, 6) is 0. The van der Waals surface area contributed by atoms with Crippen LogP contribution in [0.5, 0.6) is 0 Å². The van der Waals surface area contributed by atoms with E-state index < -0.39 is 0 Å². The molecule has 2 rings (SSSR count). The Labute approximate surface area is 132 Å². The summed E-state index contributed by atoms with van der Waals surface area (Å²) >= 11 is 0. The molecule has 1 aromatic carbocycles. The Morgan fingerprint density at radius 3 is 2.24 bits per heavy atom. The molecule has 2 nitrogen and oxygen atoms in total. The van der Waals surface area contributed by atoms with E-state index >= 15 is 0 Å². The fourth-order valence-electron chi connectivity index (χ4n) is 3.24. The van der Waals surface area contributed by atoms with E-state index in [9.17, 15) is 0 Å². The van der Waals surface area contributed by atoms with Gasteiger partial charge in [0.05, 0.1) is 0 Å². The van der Waals surface area contributed by atoms with Crippen molar-refractivity contribution in [1.82, 2.24) is 5.32 Å². The van der Waals surface area contributed by atoms with Crippen molar-refractivity contribution in [1.29, 1.82) is 0 Å². The maximum atomic E-state index is 5.51. The molecular formula is C18H31N2P. The second kappa shape index (κ2) is 8.88. The van der Waals surface area contributed by atoms with Crippen molar-refractivity contribution in [2.45, 2.75) is 63.1 Å². The molecule has 1 aliphatic rings. The second-order valence-electron chi connectivity index (χ2n) is 6.44. The van der Waals surface area contributed by atoms with Gasteiger partial charge in [0.1, 0.15) is 0 Å². The normalized spacial score (nSPS) is 19.0. The zero-order valence-electron chi connectivity index (χ0n) is 13.2. The van der Waals surface area contributed by atoms with Gasteiger partial charge in [-0.05, 0) is 43.5 Å². The lowest BCUT2D eigenvalue weighted by molar-refractivity contribution is 0.423. The van der Waals surface area contributed by atoms with Crippen molar-refractivity contribution in [3.63, 3.8) is 0 Å². The molecule has 0 heterocycles. The molecule has 0 radical (unpaired) electrons. The van der Waals surface area contributed by atoms with Crippen LogP contribution >= 0.6 is 9.24 Å². The van der Waals surface area contributed by atoms with Crippen LogP contribution in [0.3, 0.4) is 0 Å². The summed E-state index contributed by atoms with van der Waals surface area (Å²) in [7, 11) is 3.17. The Morgan fingerprint density at radius 2 is 1.62 bits per heavy atom. The lowest BCUT2D eigenvalue weighted by Crippen LogP contribution is -2.20. The number of rotatable bonds is 6. The molecule has 1 aromatic rings. The maximum absolute atomic E-state index is 5.51. The number of hydrogen-bond donors (Lipinski definition) is 2. The summed E-state index contributed by atoms with van der Waals surface area (Å²) < 4.78 is 0. The summed E-state index contributed by atoms with van der Waals surface area (Å²) in [4.78, 5) is 0. The predicted molar refractivity (Wildman–Crippen MR) is 95.5 cm³/mol. The largest absolute Gasteiger partial charge is 0.330 e. The number of nitrogens with one attached hydrogen (secondary N) is 1. The number of hydrogen-bond acceptors (Lipinski definition) is 2. The molecule has 0 saturated heterocycles. The van der Waals surface area contributed by atoms with Gasteiger partial charge in [-0.3, -0.25) is 0 Å². The molecule has 1 fully saturated rings. The minimum absolute atomic E-state index is 0.311. The van der Waals surface area contributed by atoms with Gasteiger partial charge in [-0.15, -0.1) is 9.24 Å². The van der Waals surface area contributed by atoms with Crippen molar-refractivity contribution in [2.24, 2.45) is 5.73 Å². The molecule has 3 N–H and O–H groups in total. The SMILES string of the molecule is NCCCNCc1ccc(C2(P)CCCCCCC2)cc1. The summed E-state index contributed by atoms with van der Waals surface area (Å²) in [6.45, 7) is 2.72. The van der Waals surface area contributed by atoms with Gasteiger partial charge < -0.3 is 11.1 Å². The van der Waals surface area contributed by atoms with Crippen LogP contribution in [0.1, 0.15) is 62.5 Å². The molecular weight excluding hydrogens is 275 g/mol. The van der Waals surface area contributed by atoms with Crippen molar-refractivity contribution < 1.29 is 0 Å². The number of nitrogens with two attached hydrogens (primary N) is 1. The van der Waals surface area contributed by atoms with Gasteiger partial charge in [-0.1, -0.05) is 56.4 Å². The Bertz CT molecular complexity index is 394. The monoisotopic (exact) mass is 306 g/mol. The molecule has 118 valence electrons. The summed E-state index contributed by atoms with van der Waals surface area (Å²) in [6, 6.07) is 9.26. The topological polar surface area (TPSA) is 38.0 Å². The zero-order valence-corrected chi connectivity index (χ0v) is 14.4. The van der Waals surface area contributed by atoms with Gasteiger partial charge in [0.2, 0.25) is 0 Å². The van der Waals surface area contributed by atoms with E-state index in [-0.39, 0.29) is 0 Å². The first-order chi connectivity index (χ1) is 10.2. The van der Waals surface area contributed by atoms with Crippen molar-refractivity contribution in [3.8, 4) is 0 Å². The Kier molecular flexibility index (Phi) is 7.16. The highest BCUT2D eigenvalue weighted by Gasteiger charge is 2.26. The molecule has 0 aromatic heterocycles. The summed E-state index contributed by atoms with van der Waals surface area (Å²) in [5.41, 5.74) is 8.38. The van der Waals surface area contributed by atoms with E-state index in [0.717, 1.165) is 26.1 Å². The molecule has 1 atom stereocenters. The Morgan fingerprint density at radius 1 is 1.00 bits per heavy atom. The van der Waals surface area contributed by atoms with Gasteiger partial charge in [0.15, 0.2) is 0 Å². The Balaban J connectivity index is 1.93. The molecule has 1 saturated carbocycles.